The van der Waals surface area contributed by atoms with Crippen molar-refractivity contribution in [1.29, 1.82) is 0 Å². The van der Waals surface area contributed by atoms with E-state index in [9.17, 15) is 8.42 Å². The van der Waals surface area contributed by atoms with E-state index in [2.05, 4.69) is 77.4 Å². The number of nitrogens with zero attached hydrogens (tertiary/aromatic N) is 3. The van der Waals surface area contributed by atoms with Gasteiger partial charge in [0.2, 0.25) is 0 Å². The SMILES string of the molecule is CCn1c(-c2cccnc2[C@H](C)OC)c(CC(C)(C)CO[Si](C)(C)C(C)(C)C)c2cc(N(CC[SH](=O)=O)OC)ccc21. The number of pyridine rings is 1. The fourth-order valence-corrected chi connectivity index (χ4v) is 6.59. The summed E-state index contributed by atoms with van der Waals surface area (Å²) in [4.78, 5) is 10.4. The van der Waals surface area contributed by atoms with Crippen molar-refractivity contribution < 1.29 is 22.4 Å². The van der Waals surface area contributed by atoms with E-state index < -0.39 is 19.0 Å². The molecule has 2 aromatic heterocycles. The molecule has 10 heteroatoms. The van der Waals surface area contributed by atoms with Gasteiger partial charge in [-0.15, -0.1) is 0 Å². The lowest BCUT2D eigenvalue weighted by atomic mass is 9.84. The zero-order chi connectivity index (χ0) is 31.5. The molecule has 0 N–H and O–H groups in total. The third-order valence-electron chi connectivity index (χ3n) is 8.58. The van der Waals surface area contributed by atoms with Gasteiger partial charge in [0.05, 0.1) is 42.6 Å². The van der Waals surface area contributed by atoms with Crippen molar-refractivity contribution in [3.63, 3.8) is 0 Å². The van der Waals surface area contributed by atoms with Gasteiger partial charge in [-0.05, 0) is 79.7 Å². The summed E-state index contributed by atoms with van der Waals surface area (Å²) in [6, 6.07) is 10.4. The number of methoxy groups -OCH3 is 1. The fraction of sp³-hybridized carbons (Fsp3) is 0.594. The lowest BCUT2D eigenvalue weighted by Crippen LogP contribution is -2.43. The molecule has 3 aromatic rings. The predicted octanol–water partition coefficient (Wildman–Crippen LogP) is 7.00. The van der Waals surface area contributed by atoms with Crippen molar-refractivity contribution >= 4 is 35.6 Å². The van der Waals surface area contributed by atoms with E-state index >= 15 is 0 Å². The Bertz CT molecular complexity index is 1430. The zero-order valence-corrected chi connectivity index (χ0v) is 29.3. The highest BCUT2D eigenvalue weighted by atomic mass is 32.2. The maximum absolute atomic E-state index is 11.3. The first kappa shape index (κ1) is 34.2. The van der Waals surface area contributed by atoms with Crippen LogP contribution in [0, 0.1) is 5.41 Å². The number of rotatable bonds is 14. The van der Waals surface area contributed by atoms with Gasteiger partial charge in [0, 0.05) is 42.9 Å². The van der Waals surface area contributed by atoms with E-state index in [4.69, 9.17) is 19.0 Å². The van der Waals surface area contributed by atoms with Gasteiger partial charge >= 0.3 is 0 Å². The van der Waals surface area contributed by atoms with E-state index in [0.29, 0.717) is 6.61 Å². The summed E-state index contributed by atoms with van der Waals surface area (Å²) in [6.07, 6.45) is 2.42. The molecule has 0 spiro atoms. The van der Waals surface area contributed by atoms with Crippen molar-refractivity contribution in [1.82, 2.24) is 9.55 Å². The van der Waals surface area contributed by atoms with Crippen molar-refractivity contribution in [3.05, 3.63) is 47.8 Å². The van der Waals surface area contributed by atoms with E-state index in [-0.39, 0.29) is 28.9 Å². The Kier molecular flexibility index (Phi) is 11.1. The Hall–Kier alpha value is -2.24. The normalized spacial score (nSPS) is 13.7. The summed E-state index contributed by atoms with van der Waals surface area (Å²) in [5.41, 5.74) is 6.05. The number of ether oxygens (including phenoxy) is 1. The van der Waals surface area contributed by atoms with Crippen molar-refractivity contribution in [3.8, 4) is 11.3 Å². The number of aromatic nitrogens is 2. The average Bonchev–Trinajstić information content (AvgIpc) is 3.23. The van der Waals surface area contributed by atoms with Crippen LogP contribution in [0.25, 0.3) is 22.2 Å². The first-order valence-electron chi connectivity index (χ1n) is 14.8. The molecule has 0 unspecified atom stereocenters. The van der Waals surface area contributed by atoms with Crippen LogP contribution in [-0.4, -0.2) is 59.4 Å². The van der Waals surface area contributed by atoms with Crippen molar-refractivity contribution in [2.75, 3.05) is 38.2 Å². The Balaban J connectivity index is 2.26. The number of hydroxylamine groups is 1. The predicted molar refractivity (Wildman–Crippen MR) is 176 cm³/mol. The lowest BCUT2D eigenvalue weighted by molar-refractivity contribution is 0.116. The van der Waals surface area contributed by atoms with Crippen LogP contribution in [0.4, 0.5) is 5.69 Å². The molecular weight excluding hydrogens is 567 g/mol. The second kappa shape index (κ2) is 13.6. The second-order valence-corrected chi connectivity index (χ2v) is 19.2. The first-order valence-corrected chi connectivity index (χ1v) is 19.0. The van der Waals surface area contributed by atoms with Crippen LogP contribution in [0.5, 0.6) is 0 Å². The quantitative estimate of drug-likeness (QED) is 0.118. The molecule has 0 saturated carbocycles. The Morgan fingerprint density at radius 2 is 1.79 bits per heavy atom. The molecule has 2 heterocycles. The molecule has 42 heavy (non-hydrogen) atoms. The molecule has 8 nitrogen and oxygen atoms in total. The zero-order valence-electron chi connectivity index (χ0n) is 27.4. The number of aryl methyl sites for hydroxylation is 1. The van der Waals surface area contributed by atoms with Gasteiger partial charge in [-0.1, -0.05) is 34.6 Å². The van der Waals surface area contributed by atoms with Crippen LogP contribution >= 0.6 is 0 Å². The minimum Gasteiger partial charge on any atom is -0.416 e. The van der Waals surface area contributed by atoms with Crippen molar-refractivity contribution in [2.24, 2.45) is 5.41 Å². The van der Waals surface area contributed by atoms with E-state index in [0.717, 1.165) is 46.5 Å². The first-order chi connectivity index (χ1) is 19.6. The van der Waals surface area contributed by atoms with Gasteiger partial charge in [0.15, 0.2) is 8.32 Å². The second-order valence-electron chi connectivity index (χ2n) is 13.3. The largest absolute Gasteiger partial charge is 0.416 e. The molecular formula is C32H51N3O5SSi. The average molecular weight is 618 g/mol. The molecule has 0 amide bonds. The maximum Gasteiger partial charge on any atom is 0.192 e. The molecule has 234 valence electrons. The smallest absolute Gasteiger partial charge is 0.192 e. The van der Waals surface area contributed by atoms with Crippen LogP contribution in [0.2, 0.25) is 18.1 Å². The van der Waals surface area contributed by atoms with Gasteiger partial charge in [-0.25, -0.2) is 8.42 Å². The van der Waals surface area contributed by atoms with Crippen LogP contribution in [0.1, 0.15) is 65.8 Å². The highest BCUT2D eigenvalue weighted by molar-refractivity contribution is 7.72. The van der Waals surface area contributed by atoms with Crippen LogP contribution in [-0.2, 0) is 37.7 Å². The van der Waals surface area contributed by atoms with Crippen LogP contribution < -0.4 is 5.06 Å². The van der Waals surface area contributed by atoms with Crippen LogP contribution in [0.3, 0.4) is 0 Å². The van der Waals surface area contributed by atoms with Crippen molar-refractivity contribution in [2.45, 2.75) is 85.7 Å². The Morgan fingerprint density at radius 3 is 2.36 bits per heavy atom. The van der Waals surface area contributed by atoms with E-state index in [1.807, 2.05) is 25.3 Å². The molecule has 0 radical (unpaired) electrons. The minimum atomic E-state index is -2.51. The molecule has 0 aliphatic rings. The number of fused-ring (bicyclic) bond motifs is 1. The molecule has 1 aromatic carbocycles. The molecule has 0 bridgehead atoms. The van der Waals surface area contributed by atoms with Gasteiger partial charge in [-0.2, -0.15) is 0 Å². The van der Waals surface area contributed by atoms with Gasteiger partial charge < -0.3 is 13.7 Å². The fourth-order valence-electron chi connectivity index (χ4n) is 5.06. The molecule has 0 fully saturated rings. The molecule has 0 saturated heterocycles. The topological polar surface area (TPSA) is 82.9 Å². The number of hydrogen-bond acceptors (Lipinski definition) is 7. The molecule has 0 aliphatic heterocycles. The number of hydrogen-bond donors (Lipinski definition) is 1. The highest BCUT2D eigenvalue weighted by Crippen LogP contribution is 2.43. The third kappa shape index (κ3) is 7.63. The Labute approximate surface area is 255 Å². The third-order valence-corrected chi connectivity index (χ3v) is 13.6. The van der Waals surface area contributed by atoms with Gasteiger partial charge in [0.1, 0.15) is 10.7 Å². The van der Waals surface area contributed by atoms with Gasteiger partial charge in [0.25, 0.3) is 0 Å². The minimum absolute atomic E-state index is 0.0149. The van der Waals surface area contributed by atoms with Crippen LogP contribution in [0.15, 0.2) is 36.5 Å². The standard InChI is InChI=1S/C32H51N3O5SSi/c1-12-34-28-16-15-24(35(39-9)18-19-41(36)37)20-26(28)27(21-32(6,7)22-40-42(10,11)31(3,4)5)30(34)25-14-13-17-33-29(25)23(2)38-8/h13-17,20,23,41H,12,18-19,21-22H2,1-11H3/t23-/m0/s1. The van der Waals surface area contributed by atoms with E-state index in [1.165, 1.54) is 5.56 Å². The number of benzene rings is 1. The summed E-state index contributed by atoms with van der Waals surface area (Å²) in [5.74, 6) is 0.0149. The summed E-state index contributed by atoms with van der Waals surface area (Å²) in [7, 11) is -1.18. The highest BCUT2D eigenvalue weighted by Gasteiger charge is 2.39. The summed E-state index contributed by atoms with van der Waals surface area (Å²) < 4.78 is 37.5. The molecule has 0 aliphatic carbocycles. The number of anilines is 1. The lowest BCUT2D eigenvalue weighted by Gasteiger charge is -2.39. The monoisotopic (exact) mass is 617 g/mol. The summed E-state index contributed by atoms with van der Waals surface area (Å²) in [6.45, 7) is 21.8. The van der Waals surface area contributed by atoms with E-state index in [1.54, 1.807) is 19.3 Å². The summed E-state index contributed by atoms with van der Waals surface area (Å²) in [5, 5.41) is 2.88. The number of thiol groups is 1. The molecule has 1 atom stereocenters. The Morgan fingerprint density at radius 1 is 1.10 bits per heavy atom. The molecule has 3 rings (SSSR count). The maximum atomic E-state index is 11.3. The van der Waals surface area contributed by atoms with Gasteiger partial charge in [-0.3, -0.25) is 14.9 Å². The summed E-state index contributed by atoms with van der Waals surface area (Å²) >= 11 is 0.